The Balaban J connectivity index is 7.78. The fraction of sp³-hybridized carbons (Fsp3) is 1.00. The summed E-state index contributed by atoms with van der Waals surface area (Å²) in [4.78, 5) is 0. The molecule has 0 fully saturated rings. The van der Waals surface area contributed by atoms with Gasteiger partial charge in [0.2, 0.25) is 0 Å². The molecule has 0 bridgehead atoms. The zero-order valence-electron chi connectivity index (χ0n) is 44.4. The van der Waals surface area contributed by atoms with Crippen molar-refractivity contribution in [3.8, 4) is 0 Å². The third-order valence-corrected chi connectivity index (χ3v) is 1.20. The molecule has 0 aromatic carbocycles. The highest BCUT2D eigenvalue weighted by molar-refractivity contribution is 4.49. The summed E-state index contributed by atoms with van der Waals surface area (Å²) >= 11 is 0. The predicted octanol–water partition coefficient (Wildman–Crippen LogP) is 6.17. The first-order valence-electron chi connectivity index (χ1n) is 21.8. The van der Waals surface area contributed by atoms with Crippen molar-refractivity contribution in [3.05, 3.63) is 0 Å². The van der Waals surface area contributed by atoms with Crippen molar-refractivity contribution < 1.29 is 49.7 Å². The number of nitrogens with zero attached hydrogens (tertiary/aromatic N) is 1. The highest BCUT2D eigenvalue weighted by atomic mass is 15.3. The van der Waals surface area contributed by atoms with Crippen LogP contribution in [0, 0.1) is 0 Å². The Kier molecular flexibility index (Phi) is 1.85. The van der Waals surface area contributed by atoms with Crippen LogP contribution >= 0.6 is 0 Å². The standard InChI is InChI=1S/C19H42N/c1-5-6-7-8-9-10-11-12-13-14-15-16-17-18-19-20(2,3)4/h5-19H2,1-4H3/q+1/i1D3,5D2,6D2,7D2,8D2,9D2,10D2,11D2,12D2,13D2,14D2,15D2,16D2,17D2,18D2,19D2. The third-order valence-electron chi connectivity index (χ3n) is 1.20. The van der Waals surface area contributed by atoms with E-state index in [0.717, 1.165) is 21.1 Å². The van der Waals surface area contributed by atoms with Crippen LogP contribution in [0.2, 0.25) is 0 Å². The molecule has 1 nitrogen and oxygen atoms in total. The lowest BCUT2D eigenvalue weighted by Crippen LogP contribution is -2.35. The van der Waals surface area contributed by atoms with Gasteiger partial charge in [0.25, 0.3) is 0 Å². The summed E-state index contributed by atoms with van der Waals surface area (Å²) in [5.41, 5.74) is 0. The van der Waals surface area contributed by atoms with Crippen molar-refractivity contribution >= 4 is 0 Å². The molecule has 0 aromatic heterocycles. The van der Waals surface area contributed by atoms with Crippen molar-refractivity contribution in [2.45, 2.75) is 96.1 Å². The fourth-order valence-electron chi connectivity index (χ4n) is 0.571. The average molecular weight is 318 g/mol. The maximum Gasteiger partial charge on any atom is 0.0924 e. The van der Waals surface area contributed by atoms with Crippen LogP contribution in [0.4, 0.5) is 0 Å². The van der Waals surface area contributed by atoms with E-state index in [9.17, 15) is 0 Å². The summed E-state index contributed by atoms with van der Waals surface area (Å²) in [6.45, 7) is -7.59. The number of hydrogen-bond donors (Lipinski definition) is 0. The van der Waals surface area contributed by atoms with Crippen molar-refractivity contribution in [2.24, 2.45) is 0 Å². The van der Waals surface area contributed by atoms with Crippen molar-refractivity contribution in [1.29, 1.82) is 0 Å². The van der Waals surface area contributed by atoms with Gasteiger partial charge in [-0.1, -0.05) is 83.3 Å². The Morgan fingerprint density at radius 3 is 1.30 bits per heavy atom. The van der Waals surface area contributed by atoms with E-state index in [1.165, 1.54) is 0 Å². The normalized spacial score (nSPS) is 47.9. The Hall–Kier alpha value is -0.0400. The van der Waals surface area contributed by atoms with Crippen LogP contribution in [0.1, 0.15) is 141 Å². The van der Waals surface area contributed by atoms with E-state index in [-0.39, 0.29) is 0 Å². The smallest absolute Gasteiger partial charge is 0.0924 e. The lowest BCUT2D eigenvalue weighted by atomic mass is 10.0. The van der Waals surface area contributed by atoms with E-state index in [0.29, 0.717) is 0 Å². The lowest BCUT2D eigenvalue weighted by Gasteiger charge is -2.23. The molecule has 0 aliphatic rings. The summed E-state index contributed by atoms with van der Waals surface area (Å²) in [5.74, 6) is 0. The van der Waals surface area contributed by atoms with Crippen LogP contribution in [0.3, 0.4) is 0 Å². The average Bonchev–Trinajstić information content (AvgIpc) is 2.89. The van der Waals surface area contributed by atoms with Gasteiger partial charge in [0.1, 0.15) is 0 Å². The van der Waals surface area contributed by atoms with E-state index in [1.54, 1.807) is 0 Å². The first kappa shape index (κ1) is 2.66. The fourth-order valence-corrected chi connectivity index (χ4v) is 0.571. The molecule has 0 saturated carbocycles. The molecule has 0 spiro atoms. The SMILES string of the molecule is [2H]C([2H])([2H])C([2H])([2H])C([2H])([2H])C([2H])([2H])C([2H])([2H])C([2H])([2H])C([2H])([2H])C([2H])([2H])C([2H])([2H])C([2H])([2H])C([2H])([2H])C([2H])([2H])C([2H])([2H])C([2H])([2H])C([2H])([2H])C([2H])([2H])[N+](C)(C)C. The molecule has 0 N–H and O–H groups in total. The summed E-state index contributed by atoms with van der Waals surface area (Å²) in [6, 6.07) is 0. The van der Waals surface area contributed by atoms with Crippen LogP contribution in [0.25, 0.3) is 0 Å². The molecule has 122 valence electrons. The Bertz CT molecular complexity index is 1240. The second-order valence-corrected chi connectivity index (χ2v) is 3.87. The summed E-state index contributed by atoms with van der Waals surface area (Å²) in [6.07, 6.45) is -67.6. The number of rotatable bonds is 15. The molecule has 20 heavy (non-hydrogen) atoms. The maximum absolute atomic E-state index is 8.27. The van der Waals surface area contributed by atoms with Crippen LogP contribution in [-0.4, -0.2) is 32.1 Å². The van der Waals surface area contributed by atoms with E-state index < -0.39 is 107 Å². The van der Waals surface area contributed by atoms with E-state index in [4.69, 9.17) is 45.2 Å². The predicted molar refractivity (Wildman–Crippen MR) is 93.2 cm³/mol. The van der Waals surface area contributed by atoms with E-state index in [1.807, 2.05) is 0 Å². The molecule has 0 rings (SSSR count). The minimum atomic E-state index is -5.11. The Labute approximate surface area is 176 Å². The molecule has 1 heteroatoms. The summed E-state index contributed by atoms with van der Waals surface area (Å²) in [5, 5.41) is 0. The molecule has 0 atom stereocenters. The van der Waals surface area contributed by atoms with Crippen LogP contribution in [0.5, 0.6) is 0 Å². The van der Waals surface area contributed by atoms with Crippen molar-refractivity contribution in [3.63, 3.8) is 0 Å². The van der Waals surface area contributed by atoms with Crippen molar-refractivity contribution in [2.75, 3.05) is 27.6 Å². The first-order valence-corrected chi connectivity index (χ1v) is 5.32. The summed E-state index contributed by atoms with van der Waals surface area (Å²) < 4.78 is 265. The largest absolute Gasteiger partial charge is 0.331 e. The van der Waals surface area contributed by atoms with Crippen LogP contribution < -0.4 is 0 Å². The quantitative estimate of drug-likeness (QED) is 0.317. The zero-order valence-corrected chi connectivity index (χ0v) is 11.4. The van der Waals surface area contributed by atoms with Gasteiger partial charge in [-0.25, -0.2) is 0 Å². The van der Waals surface area contributed by atoms with Gasteiger partial charge in [-0.15, -0.1) is 0 Å². The number of hydrogen-bond acceptors (Lipinski definition) is 0. The third kappa shape index (κ3) is 18.0. The van der Waals surface area contributed by atoms with Gasteiger partial charge in [0.15, 0.2) is 0 Å². The molecule has 0 unspecified atom stereocenters. The molecule has 0 saturated heterocycles. The maximum atomic E-state index is 8.27. The molecule has 0 heterocycles. The molecule has 0 aromatic rings. The van der Waals surface area contributed by atoms with Gasteiger partial charge in [-0.05, 0) is 12.7 Å². The van der Waals surface area contributed by atoms with Gasteiger partial charge in [0.05, 0.1) is 30.4 Å². The second-order valence-electron chi connectivity index (χ2n) is 3.87. The van der Waals surface area contributed by atoms with Gasteiger partial charge >= 0.3 is 0 Å². The molecular weight excluding hydrogens is 242 g/mol. The zero-order chi connectivity index (χ0) is 44.5. The number of quaternary nitrogens is 1. The monoisotopic (exact) mass is 318 g/mol. The van der Waals surface area contributed by atoms with Gasteiger partial charge in [0, 0.05) is 42.5 Å². The summed E-state index contributed by atoms with van der Waals surface area (Å²) in [7, 11) is 2.93. The first-order chi connectivity index (χ1) is 22.0. The topological polar surface area (TPSA) is 0 Å². The molecule has 0 radical (unpaired) electrons. The molecular formula is C19H42N+. The highest BCUT2D eigenvalue weighted by Gasteiger charge is 2.04. The molecule has 0 aliphatic carbocycles. The second kappa shape index (κ2) is 13.9. The van der Waals surface area contributed by atoms with E-state index in [2.05, 4.69) is 0 Å². The van der Waals surface area contributed by atoms with Gasteiger partial charge < -0.3 is 4.48 Å². The Morgan fingerprint density at radius 2 is 0.950 bits per heavy atom. The molecule has 0 amide bonds. The minimum absolute atomic E-state index is 0.977. The van der Waals surface area contributed by atoms with Gasteiger partial charge in [-0.3, -0.25) is 0 Å². The van der Waals surface area contributed by atoms with Crippen LogP contribution in [-0.2, 0) is 0 Å². The van der Waals surface area contributed by atoms with Gasteiger partial charge in [-0.2, -0.15) is 0 Å². The lowest BCUT2D eigenvalue weighted by molar-refractivity contribution is -0.870. The highest BCUT2D eigenvalue weighted by Crippen LogP contribution is 2.13. The minimum Gasteiger partial charge on any atom is -0.331 e. The van der Waals surface area contributed by atoms with Crippen molar-refractivity contribution in [1.82, 2.24) is 0 Å². The molecule has 0 aliphatic heterocycles. The van der Waals surface area contributed by atoms with Crippen LogP contribution in [0.15, 0.2) is 0 Å². The van der Waals surface area contributed by atoms with E-state index >= 15 is 0 Å². The Morgan fingerprint density at radius 1 is 0.600 bits per heavy atom.